The molecule has 4 aromatic rings. The Labute approximate surface area is 174 Å². The van der Waals surface area contributed by atoms with Gasteiger partial charge in [0.25, 0.3) is 0 Å². The van der Waals surface area contributed by atoms with Crippen LogP contribution in [0.15, 0.2) is 84.9 Å². The molecular formula is C28H29N. The number of benzene rings is 4. The van der Waals surface area contributed by atoms with E-state index in [9.17, 15) is 0 Å². The average Bonchev–Trinajstić information content (AvgIpc) is 2.73. The van der Waals surface area contributed by atoms with Crippen LogP contribution in [0.2, 0.25) is 0 Å². The minimum Gasteiger partial charge on any atom is -0.316 e. The van der Waals surface area contributed by atoms with E-state index in [1.165, 1.54) is 44.2 Å². The number of rotatable bonds is 4. The summed E-state index contributed by atoms with van der Waals surface area (Å²) >= 11 is 0. The molecule has 1 nitrogen and oxygen atoms in total. The maximum atomic E-state index is 3.28. The fourth-order valence-corrected chi connectivity index (χ4v) is 4.00. The zero-order valence-electron chi connectivity index (χ0n) is 17.8. The molecule has 4 aromatic carbocycles. The quantitative estimate of drug-likeness (QED) is 0.395. The summed E-state index contributed by atoms with van der Waals surface area (Å²) in [5, 5.41) is 5.85. The topological polar surface area (TPSA) is 12.0 Å². The summed E-state index contributed by atoms with van der Waals surface area (Å²) in [6.45, 7) is 7.64. The Kier molecular flexibility index (Phi) is 5.25. The molecule has 0 atom stereocenters. The van der Waals surface area contributed by atoms with Gasteiger partial charge < -0.3 is 5.32 Å². The van der Waals surface area contributed by atoms with Crippen molar-refractivity contribution in [3.8, 4) is 22.3 Å². The standard InChI is InChI=1S/C28H29N/c1-28(2,3)24-15-12-20(13-16-24)26-11-7-9-21-18-22(14-17-27(21)26)25-10-6-5-8-23(25)19-29-4/h5-18,29H,19H2,1-4H3. The summed E-state index contributed by atoms with van der Waals surface area (Å²) in [6.07, 6.45) is 0. The normalized spacial score (nSPS) is 11.7. The number of nitrogens with one attached hydrogen (secondary N) is 1. The summed E-state index contributed by atoms with van der Waals surface area (Å²) in [7, 11) is 1.99. The molecule has 0 amide bonds. The van der Waals surface area contributed by atoms with Crippen LogP contribution in [0.3, 0.4) is 0 Å². The summed E-state index contributed by atoms with van der Waals surface area (Å²) in [4.78, 5) is 0. The highest BCUT2D eigenvalue weighted by molar-refractivity contribution is 5.98. The summed E-state index contributed by atoms with van der Waals surface area (Å²) < 4.78 is 0. The van der Waals surface area contributed by atoms with E-state index >= 15 is 0 Å². The highest BCUT2D eigenvalue weighted by Crippen LogP contribution is 2.34. The predicted octanol–water partition coefficient (Wildman–Crippen LogP) is 7.19. The number of fused-ring (bicyclic) bond motifs is 1. The van der Waals surface area contributed by atoms with Crippen molar-refractivity contribution in [3.63, 3.8) is 0 Å². The van der Waals surface area contributed by atoms with E-state index in [-0.39, 0.29) is 5.41 Å². The molecule has 0 unspecified atom stereocenters. The molecule has 0 saturated heterocycles. The average molecular weight is 380 g/mol. The van der Waals surface area contributed by atoms with Gasteiger partial charge >= 0.3 is 0 Å². The van der Waals surface area contributed by atoms with E-state index in [0.29, 0.717) is 0 Å². The molecule has 0 fully saturated rings. The first-order valence-electron chi connectivity index (χ1n) is 10.3. The molecule has 29 heavy (non-hydrogen) atoms. The van der Waals surface area contributed by atoms with Crippen LogP contribution in [0.5, 0.6) is 0 Å². The molecule has 0 radical (unpaired) electrons. The molecule has 1 heteroatoms. The molecule has 4 rings (SSSR count). The van der Waals surface area contributed by atoms with Gasteiger partial charge in [0, 0.05) is 6.54 Å². The Bertz CT molecular complexity index is 1130. The van der Waals surface area contributed by atoms with Crippen LogP contribution < -0.4 is 5.32 Å². The predicted molar refractivity (Wildman–Crippen MR) is 126 cm³/mol. The van der Waals surface area contributed by atoms with Crippen LogP contribution in [0.25, 0.3) is 33.0 Å². The van der Waals surface area contributed by atoms with Crippen LogP contribution in [-0.4, -0.2) is 7.05 Å². The molecule has 0 aromatic heterocycles. The smallest absolute Gasteiger partial charge is 0.0208 e. The molecular weight excluding hydrogens is 350 g/mol. The molecule has 0 aliphatic rings. The van der Waals surface area contributed by atoms with E-state index in [0.717, 1.165) is 6.54 Å². The molecule has 0 bridgehead atoms. The van der Waals surface area contributed by atoms with Crippen molar-refractivity contribution < 1.29 is 0 Å². The highest BCUT2D eigenvalue weighted by atomic mass is 14.8. The second-order valence-corrected chi connectivity index (χ2v) is 8.76. The third kappa shape index (κ3) is 3.97. The van der Waals surface area contributed by atoms with Gasteiger partial charge in [-0.05, 0) is 62.7 Å². The summed E-state index contributed by atoms with van der Waals surface area (Å²) in [5.41, 5.74) is 7.98. The summed E-state index contributed by atoms with van der Waals surface area (Å²) in [5.74, 6) is 0. The number of hydrogen-bond acceptors (Lipinski definition) is 1. The van der Waals surface area contributed by atoms with Gasteiger partial charge in [-0.2, -0.15) is 0 Å². The van der Waals surface area contributed by atoms with Crippen LogP contribution in [0.1, 0.15) is 31.9 Å². The first-order chi connectivity index (χ1) is 14.0. The molecule has 0 saturated carbocycles. The minimum absolute atomic E-state index is 0.174. The van der Waals surface area contributed by atoms with Gasteiger partial charge in [-0.3, -0.25) is 0 Å². The lowest BCUT2D eigenvalue weighted by Gasteiger charge is -2.19. The van der Waals surface area contributed by atoms with E-state index in [4.69, 9.17) is 0 Å². The maximum absolute atomic E-state index is 3.28. The fourth-order valence-electron chi connectivity index (χ4n) is 4.00. The first kappa shape index (κ1) is 19.4. The largest absolute Gasteiger partial charge is 0.316 e. The van der Waals surface area contributed by atoms with Gasteiger partial charge in [-0.15, -0.1) is 0 Å². The van der Waals surface area contributed by atoms with Gasteiger partial charge in [0.05, 0.1) is 0 Å². The molecule has 146 valence electrons. The molecule has 1 N–H and O–H groups in total. The van der Waals surface area contributed by atoms with Crippen molar-refractivity contribution in [2.75, 3.05) is 7.05 Å². The van der Waals surface area contributed by atoms with Crippen molar-refractivity contribution in [1.82, 2.24) is 5.32 Å². The van der Waals surface area contributed by atoms with Gasteiger partial charge in [0.1, 0.15) is 0 Å². The van der Waals surface area contributed by atoms with Crippen LogP contribution >= 0.6 is 0 Å². The lowest BCUT2D eigenvalue weighted by molar-refractivity contribution is 0.590. The molecule has 0 spiro atoms. The minimum atomic E-state index is 0.174. The van der Waals surface area contributed by atoms with Gasteiger partial charge in [-0.1, -0.05) is 99.6 Å². The Morgan fingerprint density at radius 2 is 1.38 bits per heavy atom. The van der Waals surface area contributed by atoms with Crippen LogP contribution in [-0.2, 0) is 12.0 Å². The fraction of sp³-hybridized carbons (Fsp3) is 0.214. The van der Waals surface area contributed by atoms with Crippen molar-refractivity contribution >= 4 is 10.8 Å². The van der Waals surface area contributed by atoms with E-state index < -0.39 is 0 Å². The zero-order chi connectivity index (χ0) is 20.4. The van der Waals surface area contributed by atoms with E-state index in [1.807, 2.05) is 7.05 Å². The monoisotopic (exact) mass is 379 g/mol. The lowest BCUT2D eigenvalue weighted by Crippen LogP contribution is -2.10. The van der Waals surface area contributed by atoms with Gasteiger partial charge in [0.2, 0.25) is 0 Å². The molecule has 0 heterocycles. The Morgan fingerprint density at radius 3 is 2.10 bits per heavy atom. The van der Waals surface area contributed by atoms with Gasteiger partial charge in [0.15, 0.2) is 0 Å². The van der Waals surface area contributed by atoms with Crippen molar-refractivity contribution in [2.45, 2.75) is 32.7 Å². The highest BCUT2D eigenvalue weighted by Gasteiger charge is 2.14. The number of hydrogen-bond donors (Lipinski definition) is 1. The van der Waals surface area contributed by atoms with E-state index in [1.54, 1.807) is 0 Å². The SMILES string of the molecule is CNCc1ccccc1-c1ccc2c(-c3ccc(C(C)(C)C)cc3)cccc2c1. The second kappa shape index (κ2) is 7.85. The van der Waals surface area contributed by atoms with Crippen molar-refractivity contribution in [2.24, 2.45) is 0 Å². The Hall–Kier alpha value is -2.90. The van der Waals surface area contributed by atoms with E-state index in [2.05, 4.69) is 111 Å². The van der Waals surface area contributed by atoms with Crippen LogP contribution in [0, 0.1) is 0 Å². The Morgan fingerprint density at radius 1 is 0.690 bits per heavy atom. The summed E-state index contributed by atoms with van der Waals surface area (Å²) in [6, 6.07) is 31.1. The third-order valence-electron chi connectivity index (χ3n) is 5.64. The molecule has 0 aliphatic heterocycles. The second-order valence-electron chi connectivity index (χ2n) is 8.76. The zero-order valence-corrected chi connectivity index (χ0v) is 17.8. The van der Waals surface area contributed by atoms with Crippen molar-refractivity contribution in [3.05, 3.63) is 96.1 Å². The Balaban J connectivity index is 1.78. The lowest BCUT2D eigenvalue weighted by atomic mass is 9.86. The van der Waals surface area contributed by atoms with Gasteiger partial charge in [-0.25, -0.2) is 0 Å². The first-order valence-corrected chi connectivity index (χ1v) is 10.3. The molecule has 0 aliphatic carbocycles. The maximum Gasteiger partial charge on any atom is 0.0208 e. The third-order valence-corrected chi connectivity index (χ3v) is 5.64. The van der Waals surface area contributed by atoms with Crippen molar-refractivity contribution in [1.29, 1.82) is 0 Å². The van der Waals surface area contributed by atoms with Crippen LogP contribution in [0.4, 0.5) is 0 Å².